The van der Waals surface area contributed by atoms with Crippen molar-refractivity contribution in [1.29, 1.82) is 0 Å². The van der Waals surface area contributed by atoms with Crippen LogP contribution < -0.4 is 0 Å². The first-order valence-electron chi connectivity index (χ1n) is 5.59. The van der Waals surface area contributed by atoms with Crippen molar-refractivity contribution in [1.82, 2.24) is 4.98 Å². The summed E-state index contributed by atoms with van der Waals surface area (Å²) >= 11 is 10.9. The van der Waals surface area contributed by atoms with Gasteiger partial charge in [0.2, 0.25) is 0 Å². The van der Waals surface area contributed by atoms with Crippen molar-refractivity contribution >= 4 is 47.8 Å². The molecule has 1 nitrogen and oxygen atoms in total. The highest BCUT2D eigenvalue weighted by molar-refractivity contribution is 9.11. The molecule has 2 unspecified atom stereocenters. The summed E-state index contributed by atoms with van der Waals surface area (Å²) in [7, 11) is 0. The topological polar surface area (TPSA) is 12.9 Å². The fourth-order valence-corrected chi connectivity index (χ4v) is 4.06. The van der Waals surface area contributed by atoms with Crippen molar-refractivity contribution in [3.05, 3.63) is 62.8 Å². The Kier molecular flexibility index (Phi) is 4.98. The summed E-state index contributed by atoms with van der Waals surface area (Å²) in [6, 6.07) is 12.3. The third-order valence-electron chi connectivity index (χ3n) is 2.85. The first kappa shape index (κ1) is 14.2. The van der Waals surface area contributed by atoms with Crippen LogP contribution >= 0.6 is 47.8 Å². The van der Waals surface area contributed by atoms with Crippen LogP contribution in [-0.2, 0) is 0 Å². The lowest BCUT2D eigenvalue weighted by atomic mass is 9.97. The van der Waals surface area contributed by atoms with E-state index in [0.29, 0.717) is 5.92 Å². The Bertz CT molecular complexity index is 528. The summed E-state index contributed by atoms with van der Waals surface area (Å²) in [4.78, 5) is 4.65. The number of rotatable bonds is 3. The maximum absolute atomic E-state index is 4.42. The number of nitrogens with zero attached hydrogens (tertiary/aromatic N) is 1. The molecular weight excluding hydrogens is 422 g/mol. The SMILES string of the molecule is CC(c1ccccn1)C(Br)c1ccc(Br)cc1Br. The van der Waals surface area contributed by atoms with Crippen molar-refractivity contribution < 1.29 is 0 Å². The molecule has 0 saturated heterocycles. The summed E-state index contributed by atoms with van der Waals surface area (Å²) in [5, 5.41) is 0. The van der Waals surface area contributed by atoms with Crippen LogP contribution in [0.25, 0.3) is 0 Å². The molecule has 2 atom stereocenters. The lowest BCUT2D eigenvalue weighted by Gasteiger charge is -2.19. The van der Waals surface area contributed by atoms with Crippen molar-refractivity contribution in [2.24, 2.45) is 0 Å². The predicted molar refractivity (Wildman–Crippen MR) is 86.2 cm³/mol. The van der Waals surface area contributed by atoms with E-state index in [-0.39, 0.29) is 4.83 Å². The molecule has 94 valence electrons. The molecule has 0 saturated carbocycles. The smallest absolute Gasteiger partial charge is 0.0487 e. The number of pyridine rings is 1. The van der Waals surface area contributed by atoms with Gasteiger partial charge in [-0.2, -0.15) is 0 Å². The molecule has 18 heavy (non-hydrogen) atoms. The molecule has 0 aliphatic carbocycles. The van der Waals surface area contributed by atoms with Crippen molar-refractivity contribution in [2.45, 2.75) is 17.7 Å². The summed E-state index contributed by atoms with van der Waals surface area (Å²) in [6.07, 6.45) is 1.84. The molecule has 0 fully saturated rings. The van der Waals surface area contributed by atoms with Crippen LogP contribution in [-0.4, -0.2) is 4.98 Å². The Balaban J connectivity index is 2.28. The Hall–Kier alpha value is -0.190. The van der Waals surface area contributed by atoms with Crippen LogP contribution in [0, 0.1) is 0 Å². The van der Waals surface area contributed by atoms with Crippen LogP contribution in [0.4, 0.5) is 0 Å². The van der Waals surface area contributed by atoms with Crippen molar-refractivity contribution in [3.8, 4) is 0 Å². The van der Waals surface area contributed by atoms with Gasteiger partial charge in [-0.05, 0) is 29.8 Å². The summed E-state index contributed by atoms with van der Waals surface area (Å²) in [6.45, 7) is 2.18. The number of aromatic nitrogens is 1. The molecule has 2 aromatic rings. The molecule has 0 radical (unpaired) electrons. The summed E-state index contributed by atoms with van der Waals surface area (Å²) in [5.41, 5.74) is 2.32. The number of hydrogen-bond donors (Lipinski definition) is 0. The van der Waals surface area contributed by atoms with Crippen LogP contribution in [0.5, 0.6) is 0 Å². The van der Waals surface area contributed by atoms with Gasteiger partial charge in [0.1, 0.15) is 0 Å². The average molecular weight is 434 g/mol. The molecule has 1 aromatic carbocycles. The van der Waals surface area contributed by atoms with Gasteiger partial charge >= 0.3 is 0 Å². The van der Waals surface area contributed by atoms with Gasteiger partial charge in [0, 0.05) is 31.6 Å². The molecular formula is C14H12Br3N. The highest BCUT2D eigenvalue weighted by Gasteiger charge is 2.20. The van der Waals surface area contributed by atoms with Gasteiger partial charge in [-0.3, -0.25) is 4.98 Å². The number of hydrogen-bond acceptors (Lipinski definition) is 1. The fraction of sp³-hybridized carbons (Fsp3) is 0.214. The zero-order valence-corrected chi connectivity index (χ0v) is 14.5. The number of halogens is 3. The van der Waals surface area contributed by atoms with Gasteiger partial charge in [-0.25, -0.2) is 0 Å². The molecule has 2 rings (SSSR count). The largest absolute Gasteiger partial charge is 0.261 e. The van der Waals surface area contributed by atoms with Gasteiger partial charge in [-0.15, -0.1) is 0 Å². The first-order chi connectivity index (χ1) is 8.59. The second-order valence-corrected chi connectivity index (χ2v) is 6.87. The predicted octanol–water partition coefficient (Wildman–Crippen LogP) is 5.85. The van der Waals surface area contributed by atoms with E-state index in [1.54, 1.807) is 0 Å². The molecule has 0 amide bonds. The quantitative estimate of drug-likeness (QED) is 0.553. The molecule has 1 aromatic heterocycles. The normalized spacial score (nSPS) is 14.2. The van der Waals surface area contributed by atoms with E-state index in [2.05, 4.69) is 84.0 Å². The van der Waals surface area contributed by atoms with Crippen LogP contribution in [0.1, 0.15) is 28.9 Å². The Morgan fingerprint density at radius 1 is 1.11 bits per heavy atom. The number of alkyl halides is 1. The lowest BCUT2D eigenvalue weighted by Crippen LogP contribution is -2.04. The van der Waals surface area contributed by atoms with E-state index in [4.69, 9.17) is 0 Å². The minimum Gasteiger partial charge on any atom is -0.261 e. The third kappa shape index (κ3) is 3.22. The first-order valence-corrected chi connectivity index (χ1v) is 8.09. The molecule has 0 N–H and O–H groups in total. The zero-order valence-electron chi connectivity index (χ0n) is 9.78. The third-order valence-corrected chi connectivity index (χ3v) is 5.32. The van der Waals surface area contributed by atoms with E-state index < -0.39 is 0 Å². The Labute approximate surface area is 132 Å². The molecule has 0 spiro atoms. The molecule has 0 bridgehead atoms. The molecule has 1 heterocycles. The summed E-state index contributed by atoms with van der Waals surface area (Å²) < 4.78 is 2.17. The maximum Gasteiger partial charge on any atom is 0.0487 e. The van der Waals surface area contributed by atoms with Gasteiger partial charge in [0.25, 0.3) is 0 Å². The van der Waals surface area contributed by atoms with E-state index in [1.807, 2.05) is 18.3 Å². The molecule has 0 aliphatic heterocycles. The van der Waals surface area contributed by atoms with E-state index >= 15 is 0 Å². The Morgan fingerprint density at radius 2 is 1.89 bits per heavy atom. The fourth-order valence-electron chi connectivity index (χ4n) is 1.79. The lowest BCUT2D eigenvalue weighted by molar-refractivity contribution is 0.722. The average Bonchev–Trinajstić information content (AvgIpc) is 2.38. The van der Waals surface area contributed by atoms with E-state index in [9.17, 15) is 0 Å². The molecule has 4 heteroatoms. The van der Waals surface area contributed by atoms with Gasteiger partial charge in [-0.1, -0.05) is 66.8 Å². The highest BCUT2D eigenvalue weighted by Crippen LogP contribution is 2.40. The monoisotopic (exact) mass is 431 g/mol. The van der Waals surface area contributed by atoms with Crippen molar-refractivity contribution in [2.75, 3.05) is 0 Å². The zero-order chi connectivity index (χ0) is 13.1. The summed E-state index contributed by atoms with van der Waals surface area (Å²) in [5.74, 6) is 0.309. The molecule has 0 aliphatic rings. The van der Waals surface area contributed by atoms with Gasteiger partial charge in [0.15, 0.2) is 0 Å². The van der Waals surface area contributed by atoms with Gasteiger partial charge in [0.05, 0.1) is 0 Å². The highest BCUT2D eigenvalue weighted by atomic mass is 79.9. The van der Waals surface area contributed by atoms with Crippen molar-refractivity contribution in [3.63, 3.8) is 0 Å². The van der Waals surface area contributed by atoms with E-state index in [1.165, 1.54) is 5.56 Å². The van der Waals surface area contributed by atoms with Crippen LogP contribution in [0.15, 0.2) is 51.5 Å². The maximum atomic E-state index is 4.42. The Morgan fingerprint density at radius 3 is 2.50 bits per heavy atom. The second kappa shape index (κ2) is 6.31. The standard InChI is InChI=1S/C14H12Br3N/c1-9(13-4-2-3-7-18-13)14(17)11-6-5-10(15)8-12(11)16/h2-9,14H,1H3. The van der Waals surface area contributed by atoms with Crippen LogP contribution in [0.3, 0.4) is 0 Å². The van der Waals surface area contributed by atoms with Crippen LogP contribution in [0.2, 0.25) is 0 Å². The van der Waals surface area contributed by atoms with Gasteiger partial charge < -0.3 is 0 Å². The minimum atomic E-state index is 0.231. The van der Waals surface area contributed by atoms with E-state index in [0.717, 1.165) is 14.6 Å². The number of benzene rings is 1. The minimum absolute atomic E-state index is 0.231. The second-order valence-electron chi connectivity index (χ2n) is 4.11.